The van der Waals surface area contributed by atoms with Crippen molar-refractivity contribution in [2.45, 2.75) is 26.2 Å². The molecule has 2 aliphatic rings. The lowest BCUT2D eigenvalue weighted by Crippen LogP contribution is -2.15. The van der Waals surface area contributed by atoms with Crippen LogP contribution < -0.4 is 0 Å². The van der Waals surface area contributed by atoms with Crippen molar-refractivity contribution in [1.82, 2.24) is 0 Å². The summed E-state index contributed by atoms with van der Waals surface area (Å²) in [6.07, 6.45) is 8.99. The molecule has 1 N–H and O–H groups in total. The van der Waals surface area contributed by atoms with E-state index in [2.05, 4.69) is 17.1 Å². The van der Waals surface area contributed by atoms with Crippen LogP contribution in [-0.2, 0) is 4.79 Å². The van der Waals surface area contributed by atoms with Gasteiger partial charge in [-0.1, -0.05) is 19.1 Å². The van der Waals surface area contributed by atoms with Gasteiger partial charge in [-0.15, -0.1) is 0 Å². The quantitative estimate of drug-likeness (QED) is 0.769. The zero-order valence-electron chi connectivity index (χ0n) is 8.81. The van der Waals surface area contributed by atoms with Crippen LogP contribution in [0.5, 0.6) is 0 Å². The SMILES string of the molecule is CC(CC1C=NC2=CCCC=C21)C(=O)O. The average molecular weight is 205 g/mol. The summed E-state index contributed by atoms with van der Waals surface area (Å²) >= 11 is 0. The van der Waals surface area contributed by atoms with Crippen molar-refractivity contribution in [3.8, 4) is 0 Å². The lowest BCUT2D eigenvalue weighted by molar-refractivity contribution is -0.141. The minimum atomic E-state index is -0.725. The second-order valence-corrected chi connectivity index (χ2v) is 4.19. The van der Waals surface area contributed by atoms with E-state index in [1.54, 1.807) is 6.92 Å². The second kappa shape index (κ2) is 4.01. The fraction of sp³-hybridized carbons (Fsp3) is 0.500. The number of allylic oxidation sites excluding steroid dienone is 3. The van der Waals surface area contributed by atoms with Gasteiger partial charge in [0.1, 0.15) is 0 Å². The van der Waals surface area contributed by atoms with Crippen molar-refractivity contribution in [3.05, 3.63) is 23.4 Å². The number of hydrogen-bond donors (Lipinski definition) is 1. The van der Waals surface area contributed by atoms with Gasteiger partial charge in [-0.25, -0.2) is 0 Å². The Hall–Kier alpha value is -1.38. The maximum absolute atomic E-state index is 10.8. The predicted molar refractivity (Wildman–Crippen MR) is 58.8 cm³/mol. The van der Waals surface area contributed by atoms with Gasteiger partial charge in [0, 0.05) is 12.1 Å². The van der Waals surface area contributed by atoms with Gasteiger partial charge in [-0.05, 0) is 24.8 Å². The van der Waals surface area contributed by atoms with Crippen molar-refractivity contribution in [3.63, 3.8) is 0 Å². The molecule has 0 bridgehead atoms. The first kappa shape index (κ1) is 10.1. The van der Waals surface area contributed by atoms with E-state index in [4.69, 9.17) is 5.11 Å². The molecule has 0 aromatic rings. The fourth-order valence-electron chi connectivity index (χ4n) is 2.07. The van der Waals surface area contributed by atoms with Crippen LogP contribution in [0.3, 0.4) is 0 Å². The summed E-state index contributed by atoms with van der Waals surface area (Å²) in [6, 6.07) is 0. The van der Waals surface area contributed by atoms with Crippen LogP contribution in [0.2, 0.25) is 0 Å². The molecular weight excluding hydrogens is 190 g/mol. The molecule has 0 aromatic carbocycles. The Bertz CT molecular complexity index is 366. The van der Waals surface area contributed by atoms with Crippen LogP contribution >= 0.6 is 0 Å². The number of hydrogen-bond acceptors (Lipinski definition) is 2. The minimum Gasteiger partial charge on any atom is -0.481 e. The van der Waals surface area contributed by atoms with Crippen molar-refractivity contribution in [2.24, 2.45) is 16.8 Å². The molecule has 0 aromatic heterocycles. The van der Waals surface area contributed by atoms with Crippen molar-refractivity contribution in [2.75, 3.05) is 0 Å². The van der Waals surface area contributed by atoms with E-state index in [0.717, 1.165) is 18.5 Å². The largest absolute Gasteiger partial charge is 0.481 e. The maximum Gasteiger partial charge on any atom is 0.306 e. The number of fused-ring (bicyclic) bond motifs is 1. The third kappa shape index (κ3) is 2.01. The van der Waals surface area contributed by atoms with Crippen LogP contribution in [0.4, 0.5) is 0 Å². The first-order valence-corrected chi connectivity index (χ1v) is 5.36. The lowest BCUT2D eigenvalue weighted by atomic mass is 9.88. The van der Waals surface area contributed by atoms with Crippen molar-refractivity contribution >= 4 is 12.2 Å². The standard InChI is InChI=1S/C12H15NO2/c1-8(12(14)15)6-9-7-13-11-5-3-2-4-10(9)11/h4-5,7-9H,2-3,6H2,1H3,(H,14,15). The van der Waals surface area contributed by atoms with Crippen LogP contribution in [0.15, 0.2) is 28.4 Å². The smallest absolute Gasteiger partial charge is 0.306 e. The Morgan fingerprint density at radius 1 is 1.60 bits per heavy atom. The predicted octanol–water partition coefficient (Wildman–Crippen LogP) is 2.40. The molecule has 0 amide bonds. The van der Waals surface area contributed by atoms with E-state index >= 15 is 0 Å². The highest BCUT2D eigenvalue weighted by Crippen LogP contribution is 2.34. The number of carboxylic acids is 1. The van der Waals surface area contributed by atoms with Gasteiger partial charge in [0.15, 0.2) is 0 Å². The molecular formula is C12H15NO2. The van der Waals surface area contributed by atoms with Crippen molar-refractivity contribution < 1.29 is 9.90 Å². The molecule has 0 radical (unpaired) electrons. The molecule has 2 unspecified atom stereocenters. The molecule has 0 fully saturated rings. The third-order valence-electron chi connectivity index (χ3n) is 2.99. The molecule has 0 saturated heterocycles. The summed E-state index contributed by atoms with van der Waals surface area (Å²) < 4.78 is 0. The van der Waals surface area contributed by atoms with Gasteiger partial charge in [0.25, 0.3) is 0 Å². The number of aliphatic carboxylic acids is 1. The second-order valence-electron chi connectivity index (χ2n) is 4.19. The molecule has 1 aliphatic carbocycles. The molecule has 3 nitrogen and oxygen atoms in total. The van der Waals surface area contributed by atoms with Crippen molar-refractivity contribution in [1.29, 1.82) is 0 Å². The summed E-state index contributed by atoms with van der Waals surface area (Å²) in [7, 11) is 0. The maximum atomic E-state index is 10.8. The Kier molecular flexibility index (Phi) is 2.71. The monoisotopic (exact) mass is 205 g/mol. The lowest BCUT2D eigenvalue weighted by Gasteiger charge is -2.15. The summed E-state index contributed by atoms with van der Waals surface area (Å²) in [5.41, 5.74) is 2.29. The molecule has 15 heavy (non-hydrogen) atoms. The van der Waals surface area contributed by atoms with E-state index < -0.39 is 5.97 Å². The van der Waals surface area contributed by atoms with Crippen LogP contribution in [0.1, 0.15) is 26.2 Å². The topological polar surface area (TPSA) is 49.7 Å². The zero-order chi connectivity index (χ0) is 10.8. The minimum absolute atomic E-state index is 0.211. The van der Waals surface area contributed by atoms with Crippen LogP contribution in [0.25, 0.3) is 0 Å². The van der Waals surface area contributed by atoms with Gasteiger partial charge in [-0.2, -0.15) is 0 Å². The van der Waals surface area contributed by atoms with E-state index in [1.165, 1.54) is 5.57 Å². The molecule has 0 spiro atoms. The number of carboxylic acid groups (broad SMARTS) is 1. The zero-order valence-corrected chi connectivity index (χ0v) is 8.81. The van der Waals surface area contributed by atoms with Crippen LogP contribution in [0, 0.1) is 11.8 Å². The summed E-state index contributed by atoms with van der Waals surface area (Å²) in [4.78, 5) is 15.1. The number of rotatable bonds is 3. The first-order chi connectivity index (χ1) is 7.18. The number of aliphatic imine (C=N–C) groups is 1. The van der Waals surface area contributed by atoms with E-state index in [1.807, 2.05) is 6.21 Å². The molecule has 80 valence electrons. The first-order valence-electron chi connectivity index (χ1n) is 5.36. The van der Waals surface area contributed by atoms with E-state index in [9.17, 15) is 4.79 Å². The highest BCUT2D eigenvalue weighted by molar-refractivity contribution is 5.77. The summed E-state index contributed by atoms with van der Waals surface area (Å²) in [6.45, 7) is 1.75. The molecule has 3 heteroatoms. The highest BCUT2D eigenvalue weighted by Gasteiger charge is 2.26. The highest BCUT2D eigenvalue weighted by atomic mass is 16.4. The van der Waals surface area contributed by atoms with Gasteiger partial charge < -0.3 is 5.11 Å². The summed E-state index contributed by atoms with van der Waals surface area (Å²) in [5, 5.41) is 8.86. The van der Waals surface area contributed by atoms with Gasteiger partial charge in [0.05, 0.1) is 11.6 Å². The molecule has 1 heterocycles. The Morgan fingerprint density at radius 2 is 2.33 bits per heavy atom. The average Bonchev–Trinajstić information content (AvgIpc) is 2.62. The van der Waals surface area contributed by atoms with Crippen LogP contribution in [-0.4, -0.2) is 17.3 Å². The normalized spacial score (nSPS) is 25.5. The van der Waals surface area contributed by atoms with Gasteiger partial charge in [-0.3, -0.25) is 9.79 Å². The number of carbonyl (C=O) groups is 1. The Morgan fingerprint density at radius 3 is 3.07 bits per heavy atom. The Labute approximate surface area is 89.2 Å². The molecule has 2 atom stereocenters. The Balaban J connectivity index is 2.07. The summed E-state index contributed by atoms with van der Waals surface area (Å²) in [5.74, 6) is -0.816. The fourth-order valence-corrected chi connectivity index (χ4v) is 2.07. The van der Waals surface area contributed by atoms with E-state index in [-0.39, 0.29) is 11.8 Å². The van der Waals surface area contributed by atoms with Gasteiger partial charge >= 0.3 is 5.97 Å². The molecule has 2 rings (SSSR count). The number of nitrogens with zero attached hydrogens (tertiary/aromatic N) is 1. The van der Waals surface area contributed by atoms with Gasteiger partial charge in [0.2, 0.25) is 0 Å². The third-order valence-corrected chi connectivity index (χ3v) is 2.99. The molecule has 1 aliphatic heterocycles. The molecule has 0 saturated carbocycles. The van der Waals surface area contributed by atoms with E-state index in [0.29, 0.717) is 6.42 Å².